The topological polar surface area (TPSA) is 50.5 Å². The molecule has 2 aromatic heterocycles. The largest absolute Gasteiger partial charge is 0.255 e. The summed E-state index contributed by atoms with van der Waals surface area (Å²) >= 11 is 0. The monoisotopic (exact) mass is 404 g/mol. The first-order valence-electron chi connectivity index (χ1n) is 10.3. The molecule has 31 heavy (non-hydrogen) atoms. The Morgan fingerprint density at radius 1 is 0.645 bits per heavy atom. The Balaban J connectivity index is 1.45. The van der Waals surface area contributed by atoms with E-state index in [1.165, 1.54) is 11.1 Å². The van der Waals surface area contributed by atoms with Crippen LogP contribution in [0.3, 0.4) is 0 Å². The van der Waals surface area contributed by atoms with E-state index in [2.05, 4.69) is 70.2 Å². The molecule has 4 heteroatoms. The highest BCUT2D eigenvalue weighted by molar-refractivity contribution is 5.80. The lowest BCUT2D eigenvalue weighted by molar-refractivity contribution is 1.17. The Kier molecular flexibility index (Phi) is 6.38. The maximum Gasteiger partial charge on any atom is 0.0812 e. The number of hydrogen-bond donors (Lipinski definition) is 0. The van der Waals surface area contributed by atoms with Gasteiger partial charge in [0.25, 0.3) is 0 Å². The smallest absolute Gasteiger partial charge is 0.0812 e. The lowest BCUT2D eigenvalue weighted by Crippen LogP contribution is -1.91. The average molecular weight is 405 g/mol. The first-order valence-corrected chi connectivity index (χ1v) is 10.3. The van der Waals surface area contributed by atoms with Gasteiger partial charge in [-0.15, -0.1) is 0 Å². The fourth-order valence-corrected chi connectivity index (χ4v) is 3.36. The predicted octanol–water partition coefficient (Wildman–Crippen LogP) is 6.19. The van der Waals surface area contributed by atoms with Gasteiger partial charge in [-0.05, 0) is 78.9 Å². The standard InChI is InChI=1S/C27H24N4/c1-20-15-22(9-11-26(20)30-18-24-7-3-5-13-28-24)17-23-10-12-27(21(2)16-23)31-19-25-8-4-6-14-29-25/h3-16,18-19H,17H2,1-2H3. The molecular formula is C27H24N4. The van der Waals surface area contributed by atoms with Crippen LogP contribution in [0.15, 0.2) is 95.2 Å². The minimum Gasteiger partial charge on any atom is -0.255 e. The SMILES string of the molecule is Cc1cc(Cc2ccc(N=Cc3ccccn3)c(C)c2)ccc1N=Cc1ccccn1. The van der Waals surface area contributed by atoms with E-state index in [9.17, 15) is 0 Å². The zero-order chi connectivity index (χ0) is 21.5. The number of aromatic nitrogens is 2. The first-order chi connectivity index (χ1) is 15.2. The first kappa shape index (κ1) is 20.4. The van der Waals surface area contributed by atoms with Crippen molar-refractivity contribution in [3.8, 4) is 0 Å². The van der Waals surface area contributed by atoms with Crippen molar-refractivity contribution < 1.29 is 0 Å². The van der Waals surface area contributed by atoms with Crippen molar-refractivity contribution in [1.82, 2.24) is 9.97 Å². The van der Waals surface area contributed by atoms with Crippen LogP contribution in [-0.4, -0.2) is 22.4 Å². The van der Waals surface area contributed by atoms with Crippen molar-refractivity contribution >= 4 is 23.8 Å². The zero-order valence-corrected chi connectivity index (χ0v) is 17.7. The molecule has 0 N–H and O–H groups in total. The van der Waals surface area contributed by atoms with Crippen LogP contribution >= 0.6 is 0 Å². The number of nitrogens with zero attached hydrogens (tertiary/aromatic N) is 4. The van der Waals surface area contributed by atoms with Gasteiger partial charge in [0.05, 0.1) is 35.2 Å². The molecule has 0 aliphatic carbocycles. The molecule has 0 radical (unpaired) electrons. The summed E-state index contributed by atoms with van der Waals surface area (Å²) in [5.41, 5.74) is 8.46. The molecule has 0 saturated carbocycles. The molecule has 4 nitrogen and oxygen atoms in total. The number of rotatable bonds is 6. The number of hydrogen-bond acceptors (Lipinski definition) is 4. The van der Waals surface area contributed by atoms with E-state index in [4.69, 9.17) is 0 Å². The summed E-state index contributed by atoms with van der Waals surface area (Å²) < 4.78 is 0. The van der Waals surface area contributed by atoms with Crippen LogP contribution in [0.4, 0.5) is 11.4 Å². The van der Waals surface area contributed by atoms with Crippen molar-refractivity contribution in [1.29, 1.82) is 0 Å². The van der Waals surface area contributed by atoms with Crippen LogP contribution in [0.2, 0.25) is 0 Å². The number of benzene rings is 2. The van der Waals surface area contributed by atoms with E-state index in [0.29, 0.717) is 0 Å². The third kappa shape index (κ3) is 5.58. The second kappa shape index (κ2) is 9.72. The number of aryl methyl sites for hydroxylation is 2. The summed E-state index contributed by atoms with van der Waals surface area (Å²) in [7, 11) is 0. The second-order valence-corrected chi connectivity index (χ2v) is 7.44. The molecule has 2 heterocycles. The summed E-state index contributed by atoms with van der Waals surface area (Å²) in [6, 6.07) is 24.4. The quantitative estimate of drug-likeness (QED) is 0.360. The highest BCUT2D eigenvalue weighted by atomic mass is 14.8. The third-order valence-electron chi connectivity index (χ3n) is 4.98. The molecule has 4 aromatic rings. The van der Waals surface area contributed by atoms with Gasteiger partial charge in [0.15, 0.2) is 0 Å². The summed E-state index contributed by atoms with van der Waals surface area (Å²) in [5.74, 6) is 0. The third-order valence-corrected chi connectivity index (χ3v) is 4.98. The molecule has 0 saturated heterocycles. The molecule has 0 bridgehead atoms. The number of aliphatic imine (C=N–C) groups is 2. The van der Waals surface area contributed by atoms with Crippen LogP contribution in [0.25, 0.3) is 0 Å². The molecule has 0 atom stereocenters. The van der Waals surface area contributed by atoms with Crippen LogP contribution in [0, 0.1) is 13.8 Å². The predicted molar refractivity (Wildman–Crippen MR) is 128 cm³/mol. The summed E-state index contributed by atoms with van der Waals surface area (Å²) in [5, 5.41) is 0. The molecule has 0 aliphatic rings. The minimum atomic E-state index is 0.854. The Labute approximate surface area is 183 Å². The van der Waals surface area contributed by atoms with E-state index in [1.807, 2.05) is 36.4 Å². The maximum absolute atomic E-state index is 4.59. The Hall–Kier alpha value is -3.92. The van der Waals surface area contributed by atoms with Gasteiger partial charge in [-0.2, -0.15) is 0 Å². The van der Waals surface area contributed by atoms with Crippen LogP contribution in [0.5, 0.6) is 0 Å². The molecule has 0 aliphatic heterocycles. The molecule has 152 valence electrons. The van der Waals surface area contributed by atoms with E-state index < -0.39 is 0 Å². The van der Waals surface area contributed by atoms with Crippen molar-refractivity contribution in [3.05, 3.63) is 119 Å². The fraction of sp³-hybridized carbons (Fsp3) is 0.111. The second-order valence-electron chi connectivity index (χ2n) is 7.44. The van der Waals surface area contributed by atoms with Gasteiger partial charge < -0.3 is 0 Å². The van der Waals surface area contributed by atoms with Gasteiger partial charge in [-0.3, -0.25) is 20.0 Å². The molecule has 4 rings (SSSR count). The average Bonchev–Trinajstić information content (AvgIpc) is 2.79. The lowest BCUT2D eigenvalue weighted by Gasteiger charge is -2.08. The van der Waals surface area contributed by atoms with Gasteiger partial charge in [0.1, 0.15) is 0 Å². The number of pyridine rings is 2. The normalized spacial score (nSPS) is 11.4. The van der Waals surface area contributed by atoms with Crippen molar-refractivity contribution in [2.24, 2.45) is 9.98 Å². The highest BCUT2D eigenvalue weighted by Crippen LogP contribution is 2.24. The van der Waals surface area contributed by atoms with Gasteiger partial charge in [-0.25, -0.2) is 0 Å². The van der Waals surface area contributed by atoms with Crippen LogP contribution < -0.4 is 0 Å². The summed E-state index contributed by atoms with van der Waals surface area (Å²) in [4.78, 5) is 17.7. The molecule has 0 unspecified atom stereocenters. The van der Waals surface area contributed by atoms with E-state index in [0.717, 1.165) is 40.3 Å². The van der Waals surface area contributed by atoms with E-state index in [1.54, 1.807) is 24.8 Å². The van der Waals surface area contributed by atoms with Gasteiger partial charge >= 0.3 is 0 Å². The fourth-order valence-electron chi connectivity index (χ4n) is 3.36. The van der Waals surface area contributed by atoms with Gasteiger partial charge in [0, 0.05) is 12.4 Å². The molecule has 2 aromatic carbocycles. The van der Waals surface area contributed by atoms with E-state index in [-0.39, 0.29) is 0 Å². The lowest BCUT2D eigenvalue weighted by atomic mass is 10.0. The molecule has 0 amide bonds. The highest BCUT2D eigenvalue weighted by Gasteiger charge is 2.03. The van der Waals surface area contributed by atoms with Crippen molar-refractivity contribution in [2.75, 3.05) is 0 Å². The van der Waals surface area contributed by atoms with Crippen molar-refractivity contribution in [3.63, 3.8) is 0 Å². The Morgan fingerprint density at radius 2 is 1.13 bits per heavy atom. The summed E-state index contributed by atoms with van der Waals surface area (Å²) in [6.07, 6.45) is 8.02. The maximum atomic E-state index is 4.59. The molecule has 0 spiro atoms. The van der Waals surface area contributed by atoms with Gasteiger partial charge in [-0.1, -0.05) is 36.4 Å². The molecular weight excluding hydrogens is 380 g/mol. The van der Waals surface area contributed by atoms with Gasteiger partial charge in [0.2, 0.25) is 0 Å². The minimum absolute atomic E-state index is 0.854. The Morgan fingerprint density at radius 3 is 1.52 bits per heavy atom. The molecule has 0 fully saturated rings. The zero-order valence-electron chi connectivity index (χ0n) is 17.7. The van der Waals surface area contributed by atoms with Crippen LogP contribution in [0.1, 0.15) is 33.6 Å². The van der Waals surface area contributed by atoms with E-state index >= 15 is 0 Å². The van der Waals surface area contributed by atoms with Crippen LogP contribution in [-0.2, 0) is 6.42 Å². The van der Waals surface area contributed by atoms with Crippen molar-refractivity contribution in [2.45, 2.75) is 20.3 Å². The Bertz CT molecular complexity index is 1120. The summed E-state index contributed by atoms with van der Waals surface area (Å²) in [6.45, 7) is 4.19.